The highest BCUT2D eigenvalue weighted by Crippen LogP contribution is 2.34. The number of thioether (sulfide) groups is 1. The number of amides is 3. The average molecular weight is 502 g/mol. The SMILES string of the molecule is CN1C(=O)CC(Sc2ncccc2C(=O)OCC(=O)Nc2cc(C(F)(F)F)ccc2Cl)C1=O. The Balaban J connectivity index is 1.64. The predicted octanol–water partition coefficient (Wildman–Crippen LogP) is 3.40. The lowest BCUT2D eigenvalue weighted by Gasteiger charge is -2.13. The zero-order valence-corrected chi connectivity index (χ0v) is 18.4. The summed E-state index contributed by atoms with van der Waals surface area (Å²) < 4.78 is 43.5. The Kier molecular flexibility index (Phi) is 7.28. The maximum atomic E-state index is 12.9. The summed E-state index contributed by atoms with van der Waals surface area (Å²) in [5.74, 6) is -2.64. The Hall–Kier alpha value is -3.12. The van der Waals surface area contributed by atoms with Crippen molar-refractivity contribution < 1.29 is 37.1 Å². The summed E-state index contributed by atoms with van der Waals surface area (Å²) in [6, 6.07) is 5.22. The largest absolute Gasteiger partial charge is 0.452 e. The van der Waals surface area contributed by atoms with Crippen molar-refractivity contribution in [1.82, 2.24) is 9.88 Å². The molecule has 3 rings (SSSR count). The molecule has 0 bridgehead atoms. The van der Waals surface area contributed by atoms with Crippen LogP contribution in [0.4, 0.5) is 18.9 Å². The zero-order chi connectivity index (χ0) is 24.3. The van der Waals surface area contributed by atoms with Gasteiger partial charge in [-0.25, -0.2) is 9.78 Å². The minimum Gasteiger partial charge on any atom is -0.452 e. The van der Waals surface area contributed by atoms with Gasteiger partial charge in [-0.15, -0.1) is 0 Å². The van der Waals surface area contributed by atoms with Crippen LogP contribution in [0, 0.1) is 0 Å². The number of alkyl halides is 3. The molecule has 1 aromatic heterocycles. The highest BCUT2D eigenvalue weighted by molar-refractivity contribution is 8.00. The monoisotopic (exact) mass is 501 g/mol. The van der Waals surface area contributed by atoms with Gasteiger partial charge in [0.25, 0.3) is 5.91 Å². The first-order chi connectivity index (χ1) is 15.5. The molecular weight excluding hydrogens is 487 g/mol. The molecule has 0 aliphatic carbocycles. The van der Waals surface area contributed by atoms with Crippen LogP contribution in [-0.2, 0) is 25.3 Å². The molecule has 1 aromatic carbocycles. The number of hydrogen-bond donors (Lipinski definition) is 1. The molecule has 174 valence electrons. The van der Waals surface area contributed by atoms with E-state index in [0.29, 0.717) is 6.07 Å². The molecule has 1 aliphatic heterocycles. The van der Waals surface area contributed by atoms with Crippen LogP contribution >= 0.6 is 23.4 Å². The first-order valence-electron chi connectivity index (χ1n) is 9.23. The number of nitrogens with zero attached hydrogens (tertiary/aromatic N) is 2. The van der Waals surface area contributed by atoms with E-state index in [-0.39, 0.29) is 33.6 Å². The number of likely N-dealkylation sites (tertiary alicyclic amines) is 1. The molecule has 0 spiro atoms. The van der Waals surface area contributed by atoms with E-state index >= 15 is 0 Å². The van der Waals surface area contributed by atoms with E-state index in [1.165, 1.54) is 25.4 Å². The van der Waals surface area contributed by atoms with Crippen LogP contribution < -0.4 is 5.32 Å². The number of halogens is 4. The number of benzene rings is 1. The molecule has 1 atom stereocenters. The van der Waals surface area contributed by atoms with E-state index in [9.17, 15) is 32.3 Å². The van der Waals surface area contributed by atoms with Gasteiger partial charge in [0.2, 0.25) is 11.8 Å². The van der Waals surface area contributed by atoms with Gasteiger partial charge in [0, 0.05) is 19.7 Å². The lowest BCUT2D eigenvalue weighted by Crippen LogP contribution is -2.26. The second-order valence-corrected chi connectivity index (χ2v) is 8.37. The summed E-state index contributed by atoms with van der Waals surface area (Å²) in [6.07, 6.45) is -3.30. The van der Waals surface area contributed by atoms with Crippen molar-refractivity contribution in [1.29, 1.82) is 0 Å². The van der Waals surface area contributed by atoms with E-state index in [1.54, 1.807) is 0 Å². The Labute approximate surface area is 194 Å². The molecule has 1 N–H and O–H groups in total. The maximum absolute atomic E-state index is 12.9. The van der Waals surface area contributed by atoms with E-state index in [0.717, 1.165) is 28.8 Å². The van der Waals surface area contributed by atoms with Crippen LogP contribution in [0.2, 0.25) is 5.02 Å². The third-order valence-corrected chi connectivity index (χ3v) is 6.02. The molecule has 1 saturated heterocycles. The third-order valence-electron chi connectivity index (χ3n) is 4.49. The number of imide groups is 1. The van der Waals surface area contributed by atoms with Gasteiger partial charge in [-0.3, -0.25) is 19.3 Å². The number of anilines is 1. The second kappa shape index (κ2) is 9.79. The van der Waals surface area contributed by atoms with Crippen LogP contribution in [0.5, 0.6) is 0 Å². The smallest absolute Gasteiger partial charge is 0.416 e. The number of hydrogen-bond acceptors (Lipinski definition) is 7. The van der Waals surface area contributed by atoms with Gasteiger partial charge in [-0.1, -0.05) is 23.4 Å². The first-order valence-corrected chi connectivity index (χ1v) is 10.5. The van der Waals surface area contributed by atoms with E-state index in [1.807, 2.05) is 0 Å². The van der Waals surface area contributed by atoms with Gasteiger partial charge in [-0.2, -0.15) is 13.2 Å². The Bertz CT molecular complexity index is 1130. The number of esters is 1. The number of carbonyl (C=O) groups excluding carboxylic acids is 4. The molecule has 1 fully saturated rings. The molecule has 1 aliphatic rings. The summed E-state index contributed by atoms with van der Waals surface area (Å²) in [7, 11) is 1.36. The molecule has 2 heterocycles. The Morgan fingerprint density at radius 1 is 1.30 bits per heavy atom. The van der Waals surface area contributed by atoms with Crippen molar-refractivity contribution in [2.45, 2.75) is 22.9 Å². The summed E-state index contributed by atoms with van der Waals surface area (Å²) in [5.41, 5.74) is -1.34. The molecule has 8 nitrogen and oxygen atoms in total. The van der Waals surface area contributed by atoms with E-state index in [2.05, 4.69) is 10.3 Å². The van der Waals surface area contributed by atoms with Gasteiger partial charge >= 0.3 is 12.1 Å². The number of pyridine rings is 1. The van der Waals surface area contributed by atoms with Crippen molar-refractivity contribution in [3.05, 3.63) is 52.7 Å². The van der Waals surface area contributed by atoms with E-state index < -0.39 is 41.4 Å². The van der Waals surface area contributed by atoms with Crippen molar-refractivity contribution >= 4 is 52.7 Å². The molecule has 0 radical (unpaired) electrons. The number of nitrogens with one attached hydrogen (secondary N) is 1. The van der Waals surface area contributed by atoms with Crippen LogP contribution in [-0.4, -0.2) is 52.5 Å². The fourth-order valence-electron chi connectivity index (χ4n) is 2.78. The van der Waals surface area contributed by atoms with Crippen molar-refractivity contribution in [3.8, 4) is 0 Å². The summed E-state index contributed by atoms with van der Waals surface area (Å²) in [5, 5.41) is 1.41. The highest BCUT2D eigenvalue weighted by atomic mass is 35.5. The lowest BCUT2D eigenvalue weighted by molar-refractivity contribution is -0.138. The maximum Gasteiger partial charge on any atom is 0.416 e. The highest BCUT2D eigenvalue weighted by Gasteiger charge is 2.37. The van der Waals surface area contributed by atoms with E-state index in [4.69, 9.17) is 16.3 Å². The first kappa shape index (κ1) is 24.5. The molecule has 2 aromatic rings. The fraction of sp³-hybridized carbons (Fsp3) is 0.250. The molecule has 3 amide bonds. The normalized spacial score (nSPS) is 16.2. The van der Waals surface area contributed by atoms with Crippen molar-refractivity contribution in [3.63, 3.8) is 0 Å². The second-order valence-electron chi connectivity index (χ2n) is 6.77. The molecule has 33 heavy (non-hydrogen) atoms. The molecule has 1 unspecified atom stereocenters. The minimum absolute atomic E-state index is 0.0396. The van der Waals surface area contributed by atoms with Crippen molar-refractivity contribution in [2.24, 2.45) is 0 Å². The van der Waals surface area contributed by atoms with Gasteiger partial charge in [-0.05, 0) is 30.3 Å². The number of ether oxygens (including phenoxy) is 1. The van der Waals surface area contributed by atoms with Gasteiger partial charge in [0.1, 0.15) is 5.03 Å². The summed E-state index contributed by atoms with van der Waals surface area (Å²) >= 11 is 6.74. The van der Waals surface area contributed by atoms with Crippen LogP contribution in [0.3, 0.4) is 0 Å². The number of rotatable bonds is 6. The topological polar surface area (TPSA) is 106 Å². The van der Waals surface area contributed by atoms with Gasteiger partial charge < -0.3 is 10.1 Å². The zero-order valence-electron chi connectivity index (χ0n) is 16.8. The quantitative estimate of drug-likeness (QED) is 0.477. The van der Waals surface area contributed by atoms with Crippen molar-refractivity contribution in [2.75, 3.05) is 19.0 Å². The average Bonchev–Trinajstić information content (AvgIpc) is 2.99. The Morgan fingerprint density at radius 3 is 2.67 bits per heavy atom. The van der Waals surface area contributed by atoms with Gasteiger partial charge in [0.05, 0.1) is 27.1 Å². The standard InChI is InChI=1S/C20H15ClF3N3O5S/c1-27-16(29)8-14(18(27)30)33-17-11(3-2-6-25-17)19(31)32-9-15(28)26-13-7-10(20(22,23)24)4-5-12(13)21/h2-7,14H,8-9H2,1H3,(H,26,28). The summed E-state index contributed by atoms with van der Waals surface area (Å²) in [4.78, 5) is 53.4. The predicted molar refractivity (Wildman–Crippen MR) is 112 cm³/mol. The van der Waals surface area contributed by atoms with Crippen LogP contribution in [0.25, 0.3) is 0 Å². The Morgan fingerprint density at radius 2 is 2.03 bits per heavy atom. The third kappa shape index (κ3) is 5.82. The van der Waals surface area contributed by atoms with Gasteiger partial charge in [0.15, 0.2) is 6.61 Å². The van der Waals surface area contributed by atoms with Crippen LogP contribution in [0.1, 0.15) is 22.3 Å². The fourth-order valence-corrected chi connectivity index (χ4v) is 4.10. The van der Waals surface area contributed by atoms with Crippen LogP contribution in [0.15, 0.2) is 41.6 Å². The molecule has 13 heteroatoms. The number of aromatic nitrogens is 1. The molecule has 0 saturated carbocycles. The summed E-state index contributed by atoms with van der Waals surface area (Å²) in [6.45, 7) is -0.812. The number of carbonyl (C=O) groups is 4. The lowest BCUT2D eigenvalue weighted by atomic mass is 10.2. The molecular formula is C20H15ClF3N3O5S. The minimum atomic E-state index is -4.63.